The van der Waals surface area contributed by atoms with Gasteiger partial charge in [-0.1, -0.05) is 20.8 Å². The van der Waals surface area contributed by atoms with Gasteiger partial charge in [0.15, 0.2) is 0 Å². The van der Waals surface area contributed by atoms with Crippen molar-refractivity contribution in [1.82, 2.24) is 4.90 Å². The quantitative estimate of drug-likeness (QED) is 0.848. The number of amides is 2. The van der Waals surface area contributed by atoms with E-state index >= 15 is 0 Å². The Labute approximate surface area is 126 Å². The Morgan fingerprint density at radius 2 is 1.90 bits per heavy atom. The fourth-order valence-electron chi connectivity index (χ4n) is 1.96. The van der Waals surface area contributed by atoms with Crippen LogP contribution in [-0.4, -0.2) is 42.8 Å². The molecule has 0 heterocycles. The predicted octanol–water partition coefficient (Wildman–Crippen LogP) is 2.96. The van der Waals surface area contributed by atoms with E-state index in [1.54, 1.807) is 36.3 Å². The highest BCUT2D eigenvalue weighted by molar-refractivity contribution is 5.89. The van der Waals surface area contributed by atoms with Gasteiger partial charge >= 0.3 is 6.03 Å². The molecule has 1 rings (SSSR count). The SMILES string of the molecule is COc1ccc(NC(=O)N(CCCO)CC(C)(C)C)cc1. The molecule has 0 saturated heterocycles. The first-order valence-electron chi connectivity index (χ1n) is 7.16. The van der Waals surface area contributed by atoms with Crippen molar-refractivity contribution in [1.29, 1.82) is 0 Å². The van der Waals surface area contributed by atoms with Crippen LogP contribution in [0.4, 0.5) is 10.5 Å². The molecular weight excluding hydrogens is 268 g/mol. The van der Waals surface area contributed by atoms with Gasteiger partial charge in [0.2, 0.25) is 0 Å². The Morgan fingerprint density at radius 1 is 1.29 bits per heavy atom. The Balaban J connectivity index is 2.69. The summed E-state index contributed by atoms with van der Waals surface area (Å²) in [6.07, 6.45) is 0.576. The summed E-state index contributed by atoms with van der Waals surface area (Å²) < 4.78 is 5.09. The molecule has 0 aromatic heterocycles. The molecule has 5 heteroatoms. The van der Waals surface area contributed by atoms with Crippen LogP contribution in [0, 0.1) is 5.41 Å². The lowest BCUT2D eigenvalue weighted by Crippen LogP contribution is -2.41. The number of hydrogen-bond donors (Lipinski definition) is 2. The van der Waals surface area contributed by atoms with Gasteiger partial charge in [-0.3, -0.25) is 0 Å². The van der Waals surface area contributed by atoms with Crippen LogP contribution in [0.25, 0.3) is 0 Å². The highest BCUT2D eigenvalue weighted by Gasteiger charge is 2.20. The summed E-state index contributed by atoms with van der Waals surface area (Å²) in [7, 11) is 1.60. The van der Waals surface area contributed by atoms with Crippen molar-refractivity contribution < 1.29 is 14.6 Å². The summed E-state index contributed by atoms with van der Waals surface area (Å²) in [4.78, 5) is 14.1. The number of hydrogen-bond acceptors (Lipinski definition) is 3. The number of urea groups is 1. The number of anilines is 1. The number of aliphatic hydroxyl groups excluding tert-OH is 1. The van der Waals surface area contributed by atoms with E-state index in [0.717, 1.165) is 11.4 Å². The van der Waals surface area contributed by atoms with Crippen molar-refractivity contribution in [3.05, 3.63) is 24.3 Å². The molecule has 0 aliphatic carbocycles. The van der Waals surface area contributed by atoms with Crippen LogP contribution >= 0.6 is 0 Å². The van der Waals surface area contributed by atoms with Gasteiger partial charge in [-0.2, -0.15) is 0 Å². The first-order valence-corrected chi connectivity index (χ1v) is 7.16. The van der Waals surface area contributed by atoms with Crippen molar-refractivity contribution in [3.63, 3.8) is 0 Å². The van der Waals surface area contributed by atoms with E-state index in [1.165, 1.54) is 0 Å². The molecule has 0 aliphatic heterocycles. The van der Waals surface area contributed by atoms with Crippen LogP contribution in [0.1, 0.15) is 27.2 Å². The van der Waals surface area contributed by atoms with E-state index in [9.17, 15) is 4.79 Å². The van der Waals surface area contributed by atoms with Gasteiger partial charge < -0.3 is 20.1 Å². The van der Waals surface area contributed by atoms with E-state index in [1.807, 2.05) is 0 Å². The van der Waals surface area contributed by atoms with Crippen LogP contribution in [0.5, 0.6) is 5.75 Å². The third-order valence-corrected chi connectivity index (χ3v) is 2.88. The van der Waals surface area contributed by atoms with Crippen molar-refractivity contribution in [2.24, 2.45) is 5.41 Å². The maximum atomic E-state index is 12.4. The van der Waals surface area contributed by atoms with Crippen molar-refractivity contribution in [2.75, 3.05) is 32.1 Å². The van der Waals surface area contributed by atoms with Crippen molar-refractivity contribution in [3.8, 4) is 5.75 Å². The van der Waals surface area contributed by atoms with E-state index in [0.29, 0.717) is 19.5 Å². The topological polar surface area (TPSA) is 61.8 Å². The summed E-state index contributed by atoms with van der Waals surface area (Å²) in [5.41, 5.74) is 0.732. The fourth-order valence-corrected chi connectivity index (χ4v) is 1.96. The van der Waals surface area contributed by atoms with Crippen LogP contribution in [0.2, 0.25) is 0 Å². The minimum absolute atomic E-state index is 0.00665. The normalized spacial score (nSPS) is 11.1. The third kappa shape index (κ3) is 6.49. The zero-order valence-corrected chi connectivity index (χ0v) is 13.3. The molecule has 0 spiro atoms. The number of carbonyl (C=O) groups excluding carboxylic acids is 1. The molecule has 0 bridgehead atoms. The summed E-state index contributed by atoms with van der Waals surface area (Å²) in [6, 6.07) is 7.06. The van der Waals surface area contributed by atoms with Gasteiger partial charge in [-0.15, -0.1) is 0 Å². The van der Waals surface area contributed by atoms with Crippen molar-refractivity contribution >= 4 is 11.7 Å². The number of carbonyl (C=O) groups is 1. The molecule has 21 heavy (non-hydrogen) atoms. The zero-order valence-electron chi connectivity index (χ0n) is 13.3. The summed E-state index contributed by atoms with van der Waals surface area (Å²) in [6.45, 7) is 7.50. The molecule has 0 saturated carbocycles. The minimum Gasteiger partial charge on any atom is -0.497 e. The van der Waals surface area contributed by atoms with Gasteiger partial charge in [0.05, 0.1) is 7.11 Å². The highest BCUT2D eigenvalue weighted by Crippen LogP contribution is 2.18. The Kier molecular flexibility index (Phi) is 6.49. The third-order valence-electron chi connectivity index (χ3n) is 2.88. The first kappa shape index (κ1) is 17.3. The van der Waals surface area contributed by atoms with Crippen LogP contribution in [0.15, 0.2) is 24.3 Å². The lowest BCUT2D eigenvalue weighted by Gasteiger charge is -2.30. The highest BCUT2D eigenvalue weighted by atomic mass is 16.5. The molecule has 5 nitrogen and oxygen atoms in total. The lowest BCUT2D eigenvalue weighted by molar-refractivity contribution is 0.176. The summed E-state index contributed by atoms with van der Waals surface area (Å²) >= 11 is 0. The molecule has 118 valence electrons. The first-order chi connectivity index (χ1) is 9.85. The smallest absolute Gasteiger partial charge is 0.321 e. The van der Waals surface area contributed by atoms with Gasteiger partial charge in [0.25, 0.3) is 0 Å². The second-order valence-corrected chi connectivity index (χ2v) is 6.22. The predicted molar refractivity (Wildman–Crippen MR) is 84.7 cm³/mol. The molecule has 2 amide bonds. The number of methoxy groups -OCH3 is 1. The van der Waals surface area contributed by atoms with Crippen molar-refractivity contribution in [2.45, 2.75) is 27.2 Å². The van der Waals surface area contributed by atoms with Gasteiger partial charge in [0.1, 0.15) is 5.75 Å². The second kappa shape index (κ2) is 7.88. The molecule has 0 aliphatic rings. The standard InChI is InChI=1S/C16H26N2O3/c1-16(2,3)12-18(10-5-11-19)15(20)17-13-6-8-14(21-4)9-7-13/h6-9,19H,5,10-12H2,1-4H3,(H,17,20). The van der Waals surface area contributed by atoms with Gasteiger partial charge in [-0.25, -0.2) is 4.79 Å². The Morgan fingerprint density at radius 3 is 2.38 bits per heavy atom. The maximum absolute atomic E-state index is 12.4. The Bertz CT molecular complexity index is 438. The molecule has 0 fully saturated rings. The average Bonchev–Trinajstić information content (AvgIpc) is 2.43. The fraction of sp³-hybridized carbons (Fsp3) is 0.562. The average molecular weight is 294 g/mol. The van der Waals surface area contributed by atoms with Crippen LogP contribution in [-0.2, 0) is 0 Å². The number of benzene rings is 1. The van der Waals surface area contributed by atoms with E-state index in [-0.39, 0.29) is 18.1 Å². The summed E-state index contributed by atoms with van der Waals surface area (Å²) in [5.74, 6) is 0.750. The number of nitrogens with zero attached hydrogens (tertiary/aromatic N) is 1. The number of aliphatic hydroxyl groups is 1. The second-order valence-electron chi connectivity index (χ2n) is 6.22. The Hall–Kier alpha value is -1.75. The molecule has 2 N–H and O–H groups in total. The monoisotopic (exact) mass is 294 g/mol. The number of rotatable bonds is 6. The van der Waals surface area contributed by atoms with Gasteiger partial charge in [-0.05, 0) is 36.1 Å². The molecule has 0 unspecified atom stereocenters. The van der Waals surface area contributed by atoms with Gasteiger partial charge in [0, 0.05) is 25.4 Å². The molecular formula is C16H26N2O3. The summed E-state index contributed by atoms with van der Waals surface area (Å²) in [5, 5.41) is 11.8. The molecule has 0 radical (unpaired) electrons. The van der Waals surface area contributed by atoms with Crippen LogP contribution < -0.4 is 10.1 Å². The molecule has 1 aromatic rings. The largest absolute Gasteiger partial charge is 0.497 e. The molecule has 1 aromatic carbocycles. The van der Waals surface area contributed by atoms with E-state index < -0.39 is 0 Å². The van der Waals surface area contributed by atoms with E-state index in [2.05, 4.69) is 26.1 Å². The molecule has 0 atom stereocenters. The number of nitrogens with one attached hydrogen (secondary N) is 1. The maximum Gasteiger partial charge on any atom is 0.321 e. The van der Waals surface area contributed by atoms with Crippen LogP contribution in [0.3, 0.4) is 0 Å². The minimum atomic E-state index is -0.149. The van der Waals surface area contributed by atoms with E-state index in [4.69, 9.17) is 9.84 Å². The lowest BCUT2D eigenvalue weighted by atomic mass is 9.96. The zero-order chi connectivity index (χ0) is 15.9. The number of ether oxygens (including phenoxy) is 1.